The third kappa shape index (κ3) is 11.9. The summed E-state index contributed by atoms with van der Waals surface area (Å²) < 4.78 is 25.9. The Balaban J connectivity index is 0.000000385. The minimum absolute atomic E-state index is 0.715. The molecule has 1 atom stereocenters. The molecule has 1 unspecified atom stereocenters. The molecule has 0 bridgehead atoms. The van der Waals surface area contributed by atoms with E-state index in [-0.39, 0.29) is 0 Å². The zero-order valence-electron chi connectivity index (χ0n) is 10.6. The zero-order valence-corrected chi connectivity index (χ0v) is 11.5. The lowest BCUT2D eigenvalue weighted by Gasteiger charge is -2.14. The molecule has 1 fully saturated rings. The topological polar surface area (TPSA) is 57.6 Å². The first kappa shape index (κ1) is 15.9. The standard InChI is InChI=1S/C10H21N.CH4O3S/c1-3-4-5-7-11-8-6-10(2)9-11;1-5(2,3)4/h10H,3-9H2,1-2H3;1H3,(H,2,3,4). The molecule has 1 aliphatic heterocycles. The highest BCUT2D eigenvalue weighted by Crippen LogP contribution is 2.15. The molecule has 16 heavy (non-hydrogen) atoms. The van der Waals surface area contributed by atoms with Crippen molar-refractivity contribution in [1.29, 1.82) is 0 Å². The lowest BCUT2D eigenvalue weighted by atomic mass is 10.2. The summed E-state index contributed by atoms with van der Waals surface area (Å²) in [6.07, 6.45) is 6.30. The molecular formula is C11H25NO3S. The van der Waals surface area contributed by atoms with Crippen molar-refractivity contribution in [2.45, 2.75) is 39.5 Å². The van der Waals surface area contributed by atoms with Crippen LogP contribution in [0.3, 0.4) is 0 Å². The molecule has 0 spiro atoms. The van der Waals surface area contributed by atoms with Crippen molar-refractivity contribution < 1.29 is 13.0 Å². The molecule has 1 aliphatic rings. The lowest BCUT2D eigenvalue weighted by Crippen LogP contribution is -2.21. The maximum Gasteiger partial charge on any atom is 0.261 e. The fourth-order valence-electron chi connectivity index (χ4n) is 1.81. The van der Waals surface area contributed by atoms with Gasteiger partial charge in [-0.15, -0.1) is 0 Å². The molecule has 0 radical (unpaired) electrons. The number of likely N-dealkylation sites (tertiary alicyclic amines) is 1. The Kier molecular flexibility index (Phi) is 7.97. The van der Waals surface area contributed by atoms with Gasteiger partial charge in [0.1, 0.15) is 0 Å². The highest BCUT2D eigenvalue weighted by atomic mass is 32.2. The van der Waals surface area contributed by atoms with Gasteiger partial charge < -0.3 is 4.90 Å². The van der Waals surface area contributed by atoms with E-state index < -0.39 is 10.1 Å². The Morgan fingerprint density at radius 2 is 1.94 bits per heavy atom. The van der Waals surface area contributed by atoms with Crippen LogP contribution >= 0.6 is 0 Å². The Labute approximate surface area is 99.8 Å². The Morgan fingerprint density at radius 1 is 1.38 bits per heavy atom. The van der Waals surface area contributed by atoms with Crippen LogP contribution < -0.4 is 0 Å². The predicted molar refractivity (Wildman–Crippen MR) is 67.2 cm³/mol. The Morgan fingerprint density at radius 3 is 2.31 bits per heavy atom. The second-order valence-corrected chi connectivity index (χ2v) is 6.10. The average Bonchev–Trinajstić information content (AvgIpc) is 2.49. The minimum atomic E-state index is -3.67. The van der Waals surface area contributed by atoms with E-state index in [2.05, 4.69) is 18.7 Å². The molecule has 0 saturated carbocycles. The van der Waals surface area contributed by atoms with Gasteiger partial charge in [-0.2, -0.15) is 8.42 Å². The molecule has 0 aromatic rings. The molecule has 1 rings (SSSR count). The van der Waals surface area contributed by atoms with Gasteiger partial charge in [-0.1, -0.05) is 26.7 Å². The van der Waals surface area contributed by atoms with E-state index in [1.165, 1.54) is 45.3 Å². The van der Waals surface area contributed by atoms with Crippen LogP contribution in [0.5, 0.6) is 0 Å². The maximum atomic E-state index is 9.19. The third-order valence-corrected chi connectivity index (χ3v) is 2.59. The number of hydrogen-bond donors (Lipinski definition) is 1. The van der Waals surface area contributed by atoms with Crippen LogP contribution in [0.25, 0.3) is 0 Å². The summed E-state index contributed by atoms with van der Waals surface area (Å²) in [5.41, 5.74) is 0. The van der Waals surface area contributed by atoms with Gasteiger partial charge in [0.2, 0.25) is 0 Å². The van der Waals surface area contributed by atoms with Crippen LogP contribution in [0, 0.1) is 5.92 Å². The van der Waals surface area contributed by atoms with E-state index in [0.717, 1.165) is 5.92 Å². The number of rotatable bonds is 4. The van der Waals surface area contributed by atoms with Crippen molar-refractivity contribution >= 4 is 10.1 Å². The molecule has 0 aromatic carbocycles. The normalized spacial score (nSPS) is 21.6. The van der Waals surface area contributed by atoms with Gasteiger partial charge in [-0.25, -0.2) is 0 Å². The summed E-state index contributed by atoms with van der Waals surface area (Å²) in [6.45, 7) is 8.68. The maximum absolute atomic E-state index is 9.19. The van der Waals surface area contributed by atoms with Gasteiger partial charge in [0.05, 0.1) is 6.26 Å². The zero-order chi connectivity index (χ0) is 12.6. The van der Waals surface area contributed by atoms with Crippen molar-refractivity contribution in [3.63, 3.8) is 0 Å². The van der Waals surface area contributed by atoms with Crippen molar-refractivity contribution in [3.05, 3.63) is 0 Å². The van der Waals surface area contributed by atoms with Gasteiger partial charge in [0.25, 0.3) is 10.1 Å². The largest absolute Gasteiger partial charge is 0.303 e. The van der Waals surface area contributed by atoms with E-state index in [4.69, 9.17) is 4.55 Å². The van der Waals surface area contributed by atoms with Crippen LogP contribution in [-0.4, -0.2) is 43.8 Å². The first-order chi connectivity index (χ1) is 7.33. The van der Waals surface area contributed by atoms with E-state index in [1.807, 2.05) is 0 Å². The molecule has 4 nitrogen and oxygen atoms in total. The first-order valence-electron chi connectivity index (χ1n) is 5.97. The average molecular weight is 251 g/mol. The SMILES string of the molecule is CCCCCN1CCC(C)C1.CS(=O)(=O)O. The second-order valence-electron chi connectivity index (χ2n) is 4.63. The van der Waals surface area contributed by atoms with Gasteiger partial charge in [0.15, 0.2) is 0 Å². The Hall–Kier alpha value is -0.130. The van der Waals surface area contributed by atoms with E-state index in [9.17, 15) is 8.42 Å². The molecule has 98 valence electrons. The van der Waals surface area contributed by atoms with Gasteiger partial charge in [0, 0.05) is 6.54 Å². The molecule has 1 N–H and O–H groups in total. The lowest BCUT2D eigenvalue weighted by molar-refractivity contribution is 0.319. The summed E-state index contributed by atoms with van der Waals surface area (Å²) in [6, 6.07) is 0. The summed E-state index contributed by atoms with van der Waals surface area (Å²) in [7, 11) is -3.67. The molecule has 0 amide bonds. The summed E-state index contributed by atoms with van der Waals surface area (Å²) in [5.74, 6) is 0.955. The van der Waals surface area contributed by atoms with Crippen LogP contribution in [-0.2, 0) is 10.1 Å². The summed E-state index contributed by atoms with van der Waals surface area (Å²) in [5, 5.41) is 0. The fraction of sp³-hybridized carbons (Fsp3) is 1.00. The van der Waals surface area contributed by atoms with E-state index in [0.29, 0.717) is 6.26 Å². The molecular weight excluding hydrogens is 226 g/mol. The molecule has 0 aliphatic carbocycles. The molecule has 0 aromatic heterocycles. The number of hydrogen-bond acceptors (Lipinski definition) is 3. The Bertz CT molecular complexity index is 256. The van der Waals surface area contributed by atoms with Crippen molar-refractivity contribution in [1.82, 2.24) is 4.90 Å². The van der Waals surface area contributed by atoms with Gasteiger partial charge >= 0.3 is 0 Å². The highest BCUT2D eigenvalue weighted by Gasteiger charge is 2.17. The third-order valence-electron chi connectivity index (χ3n) is 2.59. The highest BCUT2D eigenvalue weighted by molar-refractivity contribution is 7.85. The van der Waals surface area contributed by atoms with Gasteiger partial charge in [-0.3, -0.25) is 4.55 Å². The van der Waals surface area contributed by atoms with Gasteiger partial charge in [-0.05, 0) is 31.8 Å². The fourth-order valence-corrected chi connectivity index (χ4v) is 1.81. The summed E-state index contributed by atoms with van der Waals surface area (Å²) >= 11 is 0. The van der Waals surface area contributed by atoms with Crippen molar-refractivity contribution in [3.8, 4) is 0 Å². The smallest absolute Gasteiger partial charge is 0.261 e. The van der Waals surface area contributed by atoms with Crippen LogP contribution in [0.15, 0.2) is 0 Å². The molecule has 5 heteroatoms. The number of nitrogens with zero attached hydrogens (tertiary/aromatic N) is 1. The number of unbranched alkanes of at least 4 members (excludes halogenated alkanes) is 2. The van der Waals surface area contributed by atoms with Crippen LogP contribution in [0.2, 0.25) is 0 Å². The van der Waals surface area contributed by atoms with Crippen molar-refractivity contribution in [2.75, 3.05) is 25.9 Å². The molecule has 1 saturated heterocycles. The minimum Gasteiger partial charge on any atom is -0.303 e. The predicted octanol–water partition coefficient (Wildman–Crippen LogP) is 2.02. The van der Waals surface area contributed by atoms with Crippen LogP contribution in [0.1, 0.15) is 39.5 Å². The summed E-state index contributed by atoms with van der Waals surface area (Å²) in [4.78, 5) is 2.61. The van der Waals surface area contributed by atoms with E-state index >= 15 is 0 Å². The quantitative estimate of drug-likeness (QED) is 0.613. The van der Waals surface area contributed by atoms with E-state index in [1.54, 1.807) is 0 Å². The first-order valence-corrected chi connectivity index (χ1v) is 7.82. The monoisotopic (exact) mass is 251 g/mol. The van der Waals surface area contributed by atoms with Crippen LogP contribution in [0.4, 0.5) is 0 Å². The second kappa shape index (κ2) is 8.03. The van der Waals surface area contributed by atoms with Crippen molar-refractivity contribution in [2.24, 2.45) is 5.92 Å². The molecule has 1 heterocycles.